The number of ketones is 2. The molecule has 0 saturated heterocycles. The van der Waals surface area contributed by atoms with Gasteiger partial charge >= 0.3 is 0 Å². The van der Waals surface area contributed by atoms with Crippen molar-refractivity contribution in [1.82, 2.24) is 0 Å². The van der Waals surface area contributed by atoms with E-state index in [2.05, 4.69) is 13.8 Å². The minimum absolute atomic E-state index is 0.130. The number of Topliss-reactive ketones (excluding diaryl/α,β-unsaturated/α-hetero) is 2. The lowest BCUT2D eigenvalue weighted by Crippen LogP contribution is -2.33. The maximum atomic E-state index is 11.3. The molecule has 0 N–H and O–H groups in total. The van der Waals surface area contributed by atoms with Crippen LogP contribution in [0.5, 0.6) is 0 Å². The second kappa shape index (κ2) is 3.38. The SMILES string of the molecule is CC1C(=O)CC(C(C)C)CC1=O. The highest BCUT2D eigenvalue weighted by atomic mass is 16.2. The van der Waals surface area contributed by atoms with E-state index in [1.807, 2.05) is 0 Å². The maximum absolute atomic E-state index is 11.3. The lowest BCUT2D eigenvalue weighted by Gasteiger charge is -2.26. The summed E-state index contributed by atoms with van der Waals surface area (Å²) in [5.74, 6) is 0.668. The van der Waals surface area contributed by atoms with Gasteiger partial charge in [-0.15, -0.1) is 0 Å². The largest absolute Gasteiger partial charge is 0.299 e. The summed E-state index contributed by atoms with van der Waals surface area (Å²) in [6.07, 6.45) is 1.20. The standard InChI is InChI=1S/C10H16O2/c1-6(2)8-4-9(11)7(3)10(12)5-8/h6-8H,4-5H2,1-3H3. The molecule has 1 saturated carbocycles. The highest BCUT2D eigenvalue weighted by Crippen LogP contribution is 2.28. The zero-order chi connectivity index (χ0) is 9.30. The van der Waals surface area contributed by atoms with E-state index in [1.54, 1.807) is 6.92 Å². The first-order valence-corrected chi connectivity index (χ1v) is 4.57. The Hall–Kier alpha value is -0.660. The first-order valence-electron chi connectivity index (χ1n) is 4.57. The number of hydrogen-bond acceptors (Lipinski definition) is 2. The van der Waals surface area contributed by atoms with Gasteiger partial charge in [0.05, 0.1) is 5.92 Å². The van der Waals surface area contributed by atoms with Crippen molar-refractivity contribution in [3.8, 4) is 0 Å². The predicted molar refractivity (Wildman–Crippen MR) is 46.7 cm³/mol. The summed E-state index contributed by atoms with van der Waals surface area (Å²) >= 11 is 0. The molecule has 0 aliphatic heterocycles. The Bertz CT molecular complexity index is 188. The summed E-state index contributed by atoms with van der Waals surface area (Å²) in [6, 6.07) is 0. The average Bonchev–Trinajstić information content (AvgIpc) is 1.99. The van der Waals surface area contributed by atoms with Crippen molar-refractivity contribution >= 4 is 11.6 Å². The number of carbonyl (C=O) groups excluding carboxylic acids is 2. The van der Waals surface area contributed by atoms with Crippen LogP contribution in [0.2, 0.25) is 0 Å². The molecule has 2 heteroatoms. The fraction of sp³-hybridized carbons (Fsp3) is 0.800. The number of rotatable bonds is 1. The van der Waals surface area contributed by atoms with Crippen molar-refractivity contribution in [3.63, 3.8) is 0 Å². The van der Waals surface area contributed by atoms with Gasteiger partial charge in [-0.1, -0.05) is 13.8 Å². The molecule has 0 aromatic heterocycles. The zero-order valence-corrected chi connectivity index (χ0v) is 7.96. The minimum atomic E-state index is -0.333. The lowest BCUT2D eigenvalue weighted by atomic mass is 9.76. The van der Waals surface area contributed by atoms with Gasteiger partial charge in [0, 0.05) is 12.8 Å². The van der Waals surface area contributed by atoms with Crippen molar-refractivity contribution in [3.05, 3.63) is 0 Å². The van der Waals surface area contributed by atoms with Crippen molar-refractivity contribution in [2.24, 2.45) is 17.8 Å². The lowest BCUT2D eigenvalue weighted by molar-refractivity contribution is -0.137. The molecular formula is C10H16O2. The van der Waals surface area contributed by atoms with Gasteiger partial charge in [-0.05, 0) is 18.8 Å². The summed E-state index contributed by atoms with van der Waals surface area (Å²) in [5, 5.41) is 0. The summed E-state index contributed by atoms with van der Waals surface area (Å²) in [5.41, 5.74) is 0. The summed E-state index contributed by atoms with van der Waals surface area (Å²) in [6.45, 7) is 5.86. The second-order valence-corrected chi connectivity index (χ2v) is 4.07. The van der Waals surface area contributed by atoms with Crippen LogP contribution in [-0.4, -0.2) is 11.6 Å². The summed E-state index contributed by atoms with van der Waals surface area (Å²) in [4.78, 5) is 22.6. The molecule has 1 aliphatic rings. The third-order valence-corrected chi connectivity index (χ3v) is 2.84. The van der Waals surface area contributed by atoms with Gasteiger partial charge in [-0.3, -0.25) is 9.59 Å². The zero-order valence-electron chi connectivity index (χ0n) is 7.96. The molecule has 68 valence electrons. The molecule has 0 unspecified atom stereocenters. The molecule has 0 aromatic carbocycles. The molecule has 12 heavy (non-hydrogen) atoms. The molecule has 0 radical (unpaired) electrons. The van der Waals surface area contributed by atoms with Crippen molar-refractivity contribution in [2.45, 2.75) is 33.6 Å². The van der Waals surface area contributed by atoms with Gasteiger partial charge < -0.3 is 0 Å². The monoisotopic (exact) mass is 168 g/mol. The molecular weight excluding hydrogens is 152 g/mol. The first-order chi connectivity index (χ1) is 5.52. The molecule has 1 rings (SSSR count). The van der Waals surface area contributed by atoms with Crippen molar-refractivity contribution < 1.29 is 9.59 Å². The predicted octanol–water partition coefficient (Wildman–Crippen LogP) is 1.83. The number of carbonyl (C=O) groups is 2. The highest BCUT2D eigenvalue weighted by Gasteiger charge is 2.33. The molecule has 0 aromatic rings. The molecule has 1 aliphatic carbocycles. The average molecular weight is 168 g/mol. The van der Waals surface area contributed by atoms with Gasteiger partial charge in [0.25, 0.3) is 0 Å². The topological polar surface area (TPSA) is 34.1 Å². The van der Waals surface area contributed by atoms with Crippen LogP contribution in [0, 0.1) is 17.8 Å². The van der Waals surface area contributed by atoms with Gasteiger partial charge in [0.2, 0.25) is 0 Å². The van der Waals surface area contributed by atoms with Crippen LogP contribution in [0.4, 0.5) is 0 Å². The Balaban J connectivity index is 2.66. The third kappa shape index (κ3) is 1.74. The molecule has 0 bridgehead atoms. The van der Waals surface area contributed by atoms with Gasteiger partial charge in [-0.2, -0.15) is 0 Å². The summed E-state index contributed by atoms with van der Waals surface area (Å²) in [7, 11) is 0. The van der Waals surface area contributed by atoms with E-state index >= 15 is 0 Å². The molecule has 2 nitrogen and oxygen atoms in total. The van der Waals surface area contributed by atoms with Gasteiger partial charge in [0.15, 0.2) is 0 Å². The molecule has 0 spiro atoms. The van der Waals surface area contributed by atoms with E-state index in [0.717, 1.165) is 0 Å². The Morgan fingerprint density at radius 3 is 1.92 bits per heavy atom. The van der Waals surface area contributed by atoms with Crippen molar-refractivity contribution in [1.29, 1.82) is 0 Å². The van der Waals surface area contributed by atoms with Crippen LogP contribution in [0.25, 0.3) is 0 Å². The normalized spacial score (nSPS) is 31.3. The van der Waals surface area contributed by atoms with E-state index in [9.17, 15) is 9.59 Å². The van der Waals surface area contributed by atoms with Crippen LogP contribution in [-0.2, 0) is 9.59 Å². The van der Waals surface area contributed by atoms with E-state index in [4.69, 9.17) is 0 Å². The van der Waals surface area contributed by atoms with E-state index in [-0.39, 0.29) is 17.5 Å². The molecule has 1 fully saturated rings. The summed E-state index contributed by atoms with van der Waals surface area (Å²) < 4.78 is 0. The van der Waals surface area contributed by atoms with E-state index in [0.29, 0.717) is 24.7 Å². The Morgan fingerprint density at radius 1 is 1.17 bits per heavy atom. The quantitative estimate of drug-likeness (QED) is 0.560. The minimum Gasteiger partial charge on any atom is -0.299 e. The third-order valence-electron chi connectivity index (χ3n) is 2.84. The fourth-order valence-corrected chi connectivity index (χ4v) is 1.59. The Kier molecular flexibility index (Phi) is 2.65. The number of hydrogen-bond donors (Lipinski definition) is 0. The van der Waals surface area contributed by atoms with Gasteiger partial charge in [-0.25, -0.2) is 0 Å². The molecule has 0 heterocycles. The van der Waals surface area contributed by atoms with Gasteiger partial charge in [0.1, 0.15) is 11.6 Å². The van der Waals surface area contributed by atoms with Crippen LogP contribution in [0.15, 0.2) is 0 Å². The van der Waals surface area contributed by atoms with Crippen molar-refractivity contribution in [2.75, 3.05) is 0 Å². The van der Waals surface area contributed by atoms with E-state index < -0.39 is 0 Å². The van der Waals surface area contributed by atoms with Crippen LogP contribution in [0.1, 0.15) is 33.6 Å². The fourth-order valence-electron chi connectivity index (χ4n) is 1.59. The smallest absolute Gasteiger partial charge is 0.143 e. The Morgan fingerprint density at radius 2 is 1.58 bits per heavy atom. The maximum Gasteiger partial charge on any atom is 0.143 e. The molecule has 0 amide bonds. The van der Waals surface area contributed by atoms with Crippen LogP contribution >= 0.6 is 0 Å². The van der Waals surface area contributed by atoms with Crippen LogP contribution < -0.4 is 0 Å². The second-order valence-electron chi connectivity index (χ2n) is 4.07. The highest BCUT2D eigenvalue weighted by molar-refractivity contribution is 6.04. The molecule has 0 atom stereocenters. The first kappa shape index (κ1) is 9.43. The Labute approximate surface area is 73.3 Å². The van der Waals surface area contributed by atoms with E-state index in [1.165, 1.54) is 0 Å². The van der Waals surface area contributed by atoms with Crippen LogP contribution in [0.3, 0.4) is 0 Å².